The zero-order chi connectivity index (χ0) is 26.6. The summed E-state index contributed by atoms with van der Waals surface area (Å²) in [4.78, 5) is 23.7. The topological polar surface area (TPSA) is 99.1 Å². The molecule has 1 aliphatic rings. The van der Waals surface area contributed by atoms with Crippen molar-refractivity contribution in [3.63, 3.8) is 0 Å². The number of ether oxygens (including phenoxy) is 1. The van der Waals surface area contributed by atoms with Crippen LogP contribution in [-0.2, 0) is 4.79 Å². The van der Waals surface area contributed by atoms with Gasteiger partial charge in [0.05, 0.1) is 13.7 Å². The van der Waals surface area contributed by atoms with E-state index in [1.165, 1.54) is 0 Å². The second-order valence-electron chi connectivity index (χ2n) is 8.05. The molecule has 0 bridgehead atoms. The lowest BCUT2D eigenvalue weighted by Crippen LogP contribution is -2.43. The van der Waals surface area contributed by atoms with Gasteiger partial charge in [0, 0.05) is 36.3 Å². The van der Waals surface area contributed by atoms with Crippen molar-refractivity contribution >= 4 is 11.9 Å². The summed E-state index contributed by atoms with van der Waals surface area (Å²) >= 11 is 0. The average Bonchev–Trinajstić information content (AvgIpc) is 2.88. The lowest BCUT2D eigenvalue weighted by atomic mass is 9.97. The average molecular weight is 507 g/mol. The molecule has 36 heavy (non-hydrogen) atoms. The maximum atomic E-state index is 12.8. The molecule has 1 fully saturated rings. The number of piperidine rings is 1. The van der Waals surface area contributed by atoms with Crippen LogP contribution in [0.3, 0.4) is 0 Å². The molecule has 3 rings (SSSR count). The number of aliphatic carboxylic acids is 1. The number of hydrogen-bond donors (Lipinski definition) is 3. The van der Waals surface area contributed by atoms with Crippen LogP contribution in [-0.4, -0.2) is 73.1 Å². The number of alkyl halides is 3. The van der Waals surface area contributed by atoms with Crippen molar-refractivity contribution in [3.8, 4) is 17.6 Å². The van der Waals surface area contributed by atoms with Gasteiger partial charge in [-0.2, -0.15) is 13.2 Å². The highest BCUT2D eigenvalue weighted by Crippen LogP contribution is 2.19. The van der Waals surface area contributed by atoms with Gasteiger partial charge in [0.1, 0.15) is 5.75 Å². The number of amides is 1. The molecule has 0 aromatic heterocycles. The SMILES string of the molecule is COc1ccc(C#Cc2ccc(C(=O)N3CCCC(CNCCO)C3)cc2)cc1.O=C(O)C(F)(F)F. The third-order valence-electron chi connectivity index (χ3n) is 5.34. The molecule has 2 aromatic rings. The molecule has 1 unspecified atom stereocenters. The molecule has 1 heterocycles. The zero-order valence-electron chi connectivity index (χ0n) is 19.8. The summed E-state index contributed by atoms with van der Waals surface area (Å²) < 4.78 is 36.9. The van der Waals surface area contributed by atoms with E-state index in [9.17, 15) is 18.0 Å². The van der Waals surface area contributed by atoms with Crippen molar-refractivity contribution < 1.29 is 37.7 Å². The van der Waals surface area contributed by atoms with Gasteiger partial charge in [-0.15, -0.1) is 0 Å². The first kappa shape index (κ1) is 28.7. The fourth-order valence-corrected chi connectivity index (χ4v) is 3.50. The van der Waals surface area contributed by atoms with Crippen LogP contribution in [0, 0.1) is 17.8 Å². The molecule has 194 valence electrons. The maximum absolute atomic E-state index is 12.8. The predicted octanol–water partition coefficient (Wildman–Crippen LogP) is 3.16. The van der Waals surface area contributed by atoms with Crippen molar-refractivity contribution in [1.82, 2.24) is 10.2 Å². The van der Waals surface area contributed by atoms with E-state index in [2.05, 4.69) is 17.2 Å². The molecule has 0 aliphatic carbocycles. The van der Waals surface area contributed by atoms with Crippen molar-refractivity contribution in [2.75, 3.05) is 39.9 Å². The van der Waals surface area contributed by atoms with Gasteiger partial charge in [-0.05, 0) is 73.8 Å². The Morgan fingerprint density at radius 3 is 2.14 bits per heavy atom. The molecule has 1 atom stereocenters. The van der Waals surface area contributed by atoms with Gasteiger partial charge in [0.25, 0.3) is 5.91 Å². The standard InChI is InChI=1S/C24H28N2O3.C2HF3O2/c1-29-23-12-8-20(9-13-23)5-4-19-6-10-22(11-7-19)24(28)26-15-2-3-21(18-26)17-25-14-16-27;3-2(4,5)1(6)7/h6-13,21,25,27H,2-3,14-18H2,1H3;(H,6,7). The number of halogens is 3. The monoisotopic (exact) mass is 506 g/mol. The number of carboxylic acid groups (broad SMARTS) is 1. The minimum Gasteiger partial charge on any atom is -0.497 e. The van der Waals surface area contributed by atoms with Crippen LogP contribution in [0.25, 0.3) is 0 Å². The van der Waals surface area contributed by atoms with Crippen LogP contribution in [0.4, 0.5) is 13.2 Å². The molecular weight excluding hydrogens is 477 g/mol. The van der Waals surface area contributed by atoms with Crippen molar-refractivity contribution in [2.45, 2.75) is 19.0 Å². The van der Waals surface area contributed by atoms with E-state index in [4.69, 9.17) is 19.7 Å². The molecule has 7 nitrogen and oxygen atoms in total. The van der Waals surface area contributed by atoms with Crippen LogP contribution in [0.1, 0.15) is 34.3 Å². The highest BCUT2D eigenvalue weighted by atomic mass is 19.4. The Labute approximate surface area is 207 Å². The van der Waals surface area contributed by atoms with Crippen LogP contribution in [0.2, 0.25) is 0 Å². The predicted molar refractivity (Wildman–Crippen MR) is 128 cm³/mol. The highest BCUT2D eigenvalue weighted by Gasteiger charge is 2.38. The van der Waals surface area contributed by atoms with E-state index in [0.29, 0.717) is 18.0 Å². The van der Waals surface area contributed by atoms with Gasteiger partial charge < -0.3 is 25.2 Å². The minimum atomic E-state index is -5.08. The minimum absolute atomic E-state index is 0.0755. The van der Waals surface area contributed by atoms with E-state index in [1.54, 1.807) is 7.11 Å². The fraction of sp³-hybridized carbons (Fsp3) is 0.385. The molecule has 0 radical (unpaired) electrons. The van der Waals surface area contributed by atoms with Gasteiger partial charge in [0.2, 0.25) is 0 Å². The van der Waals surface area contributed by atoms with Gasteiger partial charge in [0.15, 0.2) is 0 Å². The van der Waals surface area contributed by atoms with E-state index in [0.717, 1.165) is 49.4 Å². The van der Waals surface area contributed by atoms with Crippen molar-refractivity contribution in [1.29, 1.82) is 0 Å². The Balaban J connectivity index is 0.000000572. The summed E-state index contributed by atoms with van der Waals surface area (Å²) in [6, 6.07) is 15.1. The second-order valence-corrected chi connectivity index (χ2v) is 8.05. The number of likely N-dealkylation sites (tertiary alicyclic amines) is 1. The normalized spacial score (nSPS) is 15.1. The summed E-state index contributed by atoms with van der Waals surface area (Å²) in [7, 11) is 1.64. The van der Waals surface area contributed by atoms with E-state index in [1.807, 2.05) is 53.4 Å². The first-order valence-corrected chi connectivity index (χ1v) is 11.3. The Morgan fingerprint density at radius 2 is 1.64 bits per heavy atom. The first-order valence-electron chi connectivity index (χ1n) is 11.3. The van der Waals surface area contributed by atoms with Crippen LogP contribution < -0.4 is 10.1 Å². The molecule has 2 aromatic carbocycles. The number of carbonyl (C=O) groups is 2. The zero-order valence-corrected chi connectivity index (χ0v) is 19.8. The maximum Gasteiger partial charge on any atom is 0.490 e. The number of carbonyl (C=O) groups excluding carboxylic acids is 1. The summed E-state index contributed by atoms with van der Waals surface area (Å²) in [6.07, 6.45) is -2.95. The van der Waals surface area contributed by atoms with Gasteiger partial charge in [-0.25, -0.2) is 4.79 Å². The number of benzene rings is 2. The summed E-state index contributed by atoms with van der Waals surface area (Å²) in [5.74, 6) is 4.83. The summed E-state index contributed by atoms with van der Waals surface area (Å²) in [5, 5.41) is 19.2. The van der Waals surface area contributed by atoms with Crippen LogP contribution in [0.15, 0.2) is 48.5 Å². The fourth-order valence-electron chi connectivity index (χ4n) is 3.50. The van der Waals surface area contributed by atoms with Crippen LogP contribution >= 0.6 is 0 Å². The highest BCUT2D eigenvalue weighted by molar-refractivity contribution is 5.94. The molecule has 10 heteroatoms. The number of nitrogens with one attached hydrogen (secondary N) is 1. The molecule has 1 saturated heterocycles. The number of rotatable bonds is 6. The van der Waals surface area contributed by atoms with E-state index in [-0.39, 0.29) is 12.5 Å². The lowest BCUT2D eigenvalue weighted by Gasteiger charge is -2.33. The smallest absolute Gasteiger partial charge is 0.490 e. The quantitative estimate of drug-likeness (QED) is 0.411. The van der Waals surface area contributed by atoms with Crippen LogP contribution in [0.5, 0.6) is 5.75 Å². The summed E-state index contributed by atoms with van der Waals surface area (Å²) in [5.41, 5.74) is 2.49. The Bertz CT molecular complexity index is 1040. The summed E-state index contributed by atoms with van der Waals surface area (Å²) in [6.45, 7) is 3.14. The number of hydrogen-bond acceptors (Lipinski definition) is 5. The lowest BCUT2D eigenvalue weighted by molar-refractivity contribution is -0.192. The Morgan fingerprint density at radius 1 is 1.08 bits per heavy atom. The van der Waals surface area contributed by atoms with Crippen molar-refractivity contribution in [2.24, 2.45) is 5.92 Å². The number of methoxy groups -OCH3 is 1. The Hall–Kier alpha value is -3.55. The third-order valence-corrected chi connectivity index (χ3v) is 5.34. The van der Waals surface area contributed by atoms with Gasteiger partial charge >= 0.3 is 12.1 Å². The Kier molecular flexibility index (Phi) is 11.2. The molecule has 1 amide bonds. The van der Waals surface area contributed by atoms with Gasteiger partial charge in [-0.1, -0.05) is 11.8 Å². The largest absolute Gasteiger partial charge is 0.497 e. The molecular formula is C26H29F3N2O5. The van der Waals surface area contributed by atoms with E-state index < -0.39 is 12.1 Å². The molecule has 0 spiro atoms. The first-order chi connectivity index (χ1) is 17.1. The number of aliphatic hydroxyl groups is 1. The molecule has 3 N–H and O–H groups in total. The molecule has 1 aliphatic heterocycles. The number of carboxylic acids is 1. The molecule has 0 saturated carbocycles. The second kappa shape index (κ2) is 14.1. The van der Waals surface area contributed by atoms with Gasteiger partial charge in [-0.3, -0.25) is 4.79 Å². The third kappa shape index (κ3) is 9.60. The number of aliphatic hydroxyl groups excluding tert-OH is 1. The van der Waals surface area contributed by atoms with Crippen molar-refractivity contribution in [3.05, 3.63) is 65.2 Å². The van der Waals surface area contributed by atoms with E-state index >= 15 is 0 Å². The number of nitrogens with zero attached hydrogens (tertiary/aromatic N) is 1.